The van der Waals surface area contributed by atoms with E-state index in [1.54, 1.807) is 11.3 Å². The van der Waals surface area contributed by atoms with Crippen molar-refractivity contribution in [3.05, 3.63) is 20.8 Å². The van der Waals surface area contributed by atoms with Gasteiger partial charge in [0.25, 0.3) is 0 Å². The largest absolute Gasteiger partial charge is 0.300 e. The molecule has 1 unspecified atom stereocenters. The van der Waals surface area contributed by atoms with Gasteiger partial charge in [-0.1, -0.05) is 6.42 Å². The number of hydrogen-bond donors (Lipinski definition) is 0. The zero-order valence-corrected chi connectivity index (χ0v) is 10.4. The summed E-state index contributed by atoms with van der Waals surface area (Å²) in [7, 11) is 0. The molecular weight excluding hydrogens is 260 g/mol. The van der Waals surface area contributed by atoms with Crippen molar-refractivity contribution < 1.29 is 4.79 Å². The van der Waals surface area contributed by atoms with E-state index in [0.717, 1.165) is 19.3 Å². The molecule has 1 aromatic rings. The molecule has 1 aliphatic carbocycles. The summed E-state index contributed by atoms with van der Waals surface area (Å²) in [5, 5.41) is 2.09. The highest BCUT2D eigenvalue weighted by Gasteiger charge is 2.21. The second-order valence-corrected chi connectivity index (χ2v) is 5.62. The van der Waals surface area contributed by atoms with Gasteiger partial charge in [0.2, 0.25) is 0 Å². The molecule has 1 aliphatic rings. The molecule has 0 amide bonds. The van der Waals surface area contributed by atoms with Crippen LogP contribution < -0.4 is 0 Å². The van der Waals surface area contributed by atoms with Crippen molar-refractivity contribution in [3.8, 4) is 0 Å². The Morgan fingerprint density at radius 2 is 2.29 bits per heavy atom. The molecule has 0 N–H and O–H groups in total. The predicted molar refractivity (Wildman–Crippen MR) is 62.9 cm³/mol. The summed E-state index contributed by atoms with van der Waals surface area (Å²) in [6, 6.07) is 2.08. The first kappa shape index (κ1) is 10.4. The lowest BCUT2D eigenvalue weighted by atomic mass is 9.98. The van der Waals surface area contributed by atoms with Crippen LogP contribution in [0.15, 0.2) is 15.9 Å². The number of rotatable bonds is 1. The molecule has 76 valence electrons. The van der Waals surface area contributed by atoms with Crippen LogP contribution in [0.3, 0.4) is 0 Å². The van der Waals surface area contributed by atoms with E-state index in [2.05, 4.69) is 27.4 Å². The van der Waals surface area contributed by atoms with Gasteiger partial charge in [-0.25, -0.2) is 0 Å². The number of thiophene rings is 1. The summed E-state index contributed by atoms with van der Waals surface area (Å²) in [5.41, 5.74) is 0. The summed E-state index contributed by atoms with van der Waals surface area (Å²) in [6.45, 7) is 0. The van der Waals surface area contributed by atoms with Gasteiger partial charge in [0.05, 0.1) is 0 Å². The minimum Gasteiger partial charge on any atom is -0.300 e. The molecule has 1 fully saturated rings. The predicted octanol–water partition coefficient (Wildman–Crippen LogP) is 4.13. The maximum absolute atomic E-state index is 11.5. The van der Waals surface area contributed by atoms with Crippen LogP contribution >= 0.6 is 27.3 Å². The quantitative estimate of drug-likeness (QED) is 0.703. The van der Waals surface area contributed by atoms with Crippen LogP contribution in [0.2, 0.25) is 0 Å². The summed E-state index contributed by atoms with van der Waals surface area (Å²) in [5.74, 6) is 0.909. The Morgan fingerprint density at radius 1 is 1.43 bits per heavy atom. The molecule has 0 bridgehead atoms. The summed E-state index contributed by atoms with van der Waals surface area (Å²) >= 11 is 5.31. The molecule has 14 heavy (non-hydrogen) atoms. The monoisotopic (exact) mass is 272 g/mol. The van der Waals surface area contributed by atoms with Crippen LogP contribution in [0.25, 0.3) is 0 Å². The van der Waals surface area contributed by atoms with Crippen molar-refractivity contribution >= 4 is 33.0 Å². The second-order valence-electron chi connectivity index (χ2n) is 3.82. The Balaban J connectivity index is 2.17. The molecule has 1 saturated carbocycles. The van der Waals surface area contributed by atoms with Crippen LogP contribution in [0.4, 0.5) is 0 Å². The zero-order valence-electron chi connectivity index (χ0n) is 7.96. The molecule has 0 spiro atoms. The summed E-state index contributed by atoms with van der Waals surface area (Å²) < 4.78 is 1.18. The van der Waals surface area contributed by atoms with E-state index >= 15 is 0 Å². The van der Waals surface area contributed by atoms with Crippen LogP contribution in [0.5, 0.6) is 0 Å². The second kappa shape index (κ2) is 4.58. The molecule has 1 atom stereocenters. The lowest BCUT2D eigenvalue weighted by molar-refractivity contribution is -0.119. The van der Waals surface area contributed by atoms with Crippen molar-refractivity contribution in [3.63, 3.8) is 0 Å². The third kappa shape index (κ3) is 2.26. The Hall–Kier alpha value is -0.150. The lowest BCUT2D eigenvalue weighted by Gasteiger charge is -2.11. The maximum Gasteiger partial charge on any atom is 0.133 e. The van der Waals surface area contributed by atoms with Crippen molar-refractivity contribution in [2.24, 2.45) is 0 Å². The average molecular weight is 273 g/mol. The van der Waals surface area contributed by atoms with E-state index in [1.807, 2.05) is 0 Å². The fraction of sp³-hybridized carbons (Fsp3) is 0.545. The van der Waals surface area contributed by atoms with Gasteiger partial charge in [-0.15, -0.1) is 11.3 Å². The van der Waals surface area contributed by atoms with Gasteiger partial charge in [0.1, 0.15) is 5.78 Å². The first-order valence-corrected chi connectivity index (χ1v) is 6.69. The van der Waals surface area contributed by atoms with Crippen molar-refractivity contribution in [2.45, 2.75) is 38.0 Å². The molecule has 0 saturated heterocycles. The minimum absolute atomic E-state index is 0.438. The smallest absolute Gasteiger partial charge is 0.133 e. The molecule has 2 rings (SSSR count). The molecule has 0 aromatic carbocycles. The Bertz CT molecular complexity index is 332. The molecule has 3 heteroatoms. The van der Waals surface area contributed by atoms with E-state index in [-0.39, 0.29) is 0 Å². The van der Waals surface area contributed by atoms with Gasteiger partial charge in [0, 0.05) is 28.1 Å². The highest BCUT2D eigenvalue weighted by molar-refractivity contribution is 9.10. The van der Waals surface area contributed by atoms with Crippen molar-refractivity contribution in [2.75, 3.05) is 0 Å². The highest BCUT2D eigenvalue weighted by Crippen LogP contribution is 2.37. The number of ketones is 1. The average Bonchev–Trinajstić information content (AvgIpc) is 2.45. The zero-order chi connectivity index (χ0) is 9.97. The Morgan fingerprint density at radius 3 is 3.00 bits per heavy atom. The summed E-state index contributed by atoms with van der Waals surface area (Å²) in [6.07, 6.45) is 4.99. The van der Waals surface area contributed by atoms with E-state index < -0.39 is 0 Å². The third-order valence-corrected chi connectivity index (χ3v) is 4.78. The Kier molecular flexibility index (Phi) is 3.39. The fourth-order valence-electron chi connectivity index (χ4n) is 2.01. The van der Waals surface area contributed by atoms with Gasteiger partial charge >= 0.3 is 0 Å². The van der Waals surface area contributed by atoms with Crippen LogP contribution in [-0.2, 0) is 4.79 Å². The first-order chi connectivity index (χ1) is 6.77. The molecule has 1 heterocycles. The fourth-order valence-corrected chi connectivity index (χ4v) is 3.85. The normalized spacial score (nSPS) is 23.5. The van der Waals surface area contributed by atoms with Gasteiger partial charge < -0.3 is 0 Å². The number of carbonyl (C=O) groups excluding carboxylic acids is 1. The molecule has 0 aliphatic heterocycles. The number of halogens is 1. The van der Waals surface area contributed by atoms with Gasteiger partial charge in [-0.05, 0) is 40.2 Å². The lowest BCUT2D eigenvalue weighted by Crippen LogP contribution is -2.02. The minimum atomic E-state index is 0.438. The topological polar surface area (TPSA) is 17.1 Å². The highest BCUT2D eigenvalue weighted by atomic mass is 79.9. The standard InChI is InChI=1S/C11H13BrOS/c12-10-5-6-14-11(10)8-3-1-2-4-9(13)7-8/h5-6,8H,1-4,7H2. The van der Waals surface area contributed by atoms with Gasteiger partial charge in [-0.3, -0.25) is 4.79 Å². The maximum atomic E-state index is 11.5. The molecule has 1 nitrogen and oxygen atoms in total. The Labute approximate surface area is 96.6 Å². The van der Waals surface area contributed by atoms with E-state index in [1.165, 1.54) is 22.2 Å². The SMILES string of the molecule is O=C1CCCCC(c2sccc2Br)C1. The number of hydrogen-bond acceptors (Lipinski definition) is 2. The molecular formula is C11H13BrOS. The van der Waals surface area contributed by atoms with Crippen molar-refractivity contribution in [1.82, 2.24) is 0 Å². The van der Waals surface area contributed by atoms with E-state index in [4.69, 9.17) is 0 Å². The van der Waals surface area contributed by atoms with Crippen molar-refractivity contribution in [1.29, 1.82) is 0 Å². The van der Waals surface area contributed by atoms with Crippen LogP contribution in [0.1, 0.15) is 42.9 Å². The van der Waals surface area contributed by atoms with E-state index in [0.29, 0.717) is 11.7 Å². The third-order valence-electron chi connectivity index (χ3n) is 2.75. The number of Topliss-reactive ketones (excluding diaryl/α,β-unsaturated/α-hetero) is 1. The number of carbonyl (C=O) groups is 1. The van der Waals surface area contributed by atoms with Gasteiger partial charge in [0.15, 0.2) is 0 Å². The van der Waals surface area contributed by atoms with Gasteiger partial charge in [-0.2, -0.15) is 0 Å². The molecule has 1 aromatic heterocycles. The van der Waals surface area contributed by atoms with Crippen LogP contribution in [-0.4, -0.2) is 5.78 Å². The van der Waals surface area contributed by atoms with E-state index in [9.17, 15) is 4.79 Å². The molecule has 0 radical (unpaired) electrons. The first-order valence-electron chi connectivity index (χ1n) is 5.02. The summed E-state index contributed by atoms with van der Waals surface area (Å²) in [4.78, 5) is 12.9. The van der Waals surface area contributed by atoms with Crippen LogP contribution in [0, 0.1) is 0 Å².